The summed E-state index contributed by atoms with van der Waals surface area (Å²) in [5, 5.41) is 61.2. The summed E-state index contributed by atoms with van der Waals surface area (Å²) in [6, 6.07) is 48.3. The fourth-order valence-corrected chi connectivity index (χ4v) is 7.91. The molecule has 0 bridgehead atoms. The Hall–Kier alpha value is -9.36. The number of hydrogen-bond donors (Lipinski definition) is 4. The molecule has 0 saturated heterocycles. The van der Waals surface area contributed by atoms with Crippen LogP contribution < -0.4 is 15.4 Å². The van der Waals surface area contributed by atoms with Crippen molar-refractivity contribution in [1.82, 2.24) is 20.4 Å². The highest BCUT2D eigenvalue weighted by molar-refractivity contribution is 6.67. The molecular formula is C59H47Cl3N8O9. The molecule has 0 spiro atoms. The summed E-state index contributed by atoms with van der Waals surface area (Å²) in [4.78, 5) is 35.7. The summed E-state index contributed by atoms with van der Waals surface area (Å²) < 4.78 is 23.0. The number of halogens is 3. The normalized spacial score (nSPS) is 12.0. The molecule has 0 unspecified atom stereocenters. The number of carbonyl (C=O) groups excluding carboxylic acids is 3. The van der Waals surface area contributed by atoms with Crippen LogP contribution in [0.1, 0.15) is 91.0 Å². The smallest absolute Gasteiger partial charge is 0.343 e. The van der Waals surface area contributed by atoms with Crippen LogP contribution >= 0.6 is 34.8 Å². The predicted octanol–water partition coefficient (Wildman–Crippen LogP) is 13.1. The molecule has 20 heteroatoms. The van der Waals surface area contributed by atoms with Gasteiger partial charge in [0.1, 0.15) is 41.8 Å². The average Bonchev–Trinajstić information content (AvgIpc) is 4.18. The van der Waals surface area contributed by atoms with Gasteiger partial charge in [0.25, 0.3) is 5.24 Å². The Morgan fingerprint density at radius 2 is 0.987 bits per heavy atom. The lowest BCUT2D eigenvalue weighted by Crippen LogP contribution is -2.29. The number of ether oxygens (including phenoxy) is 2. The molecule has 0 aliphatic rings. The van der Waals surface area contributed by atoms with Crippen LogP contribution in [-0.4, -0.2) is 60.0 Å². The highest BCUT2D eigenvalue weighted by Gasteiger charge is 2.30. The minimum atomic E-state index is -0.841. The van der Waals surface area contributed by atoms with Gasteiger partial charge in [0.05, 0.1) is 38.4 Å². The first kappa shape index (κ1) is 57.3. The Morgan fingerprint density at radius 3 is 1.42 bits per heavy atom. The van der Waals surface area contributed by atoms with Crippen molar-refractivity contribution in [3.8, 4) is 46.5 Å². The third-order valence-corrected chi connectivity index (χ3v) is 12.9. The number of esters is 2. The fraction of sp³-hybridized carbons (Fsp3) is 0.136. The third kappa shape index (κ3) is 15.0. The highest BCUT2D eigenvalue weighted by Crippen LogP contribution is 2.34. The van der Waals surface area contributed by atoms with Gasteiger partial charge < -0.3 is 39.2 Å². The number of aromatic nitrogens is 4. The van der Waals surface area contributed by atoms with Crippen LogP contribution in [0, 0.1) is 36.5 Å². The number of aliphatic hydroxyl groups excluding tert-OH is 1. The van der Waals surface area contributed by atoms with E-state index in [0.717, 1.165) is 0 Å². The van der Waals surface area contributed by atoms with E-state index in [1.165, 1.54) is 12.1 Å². The Balaban J connectivity index is 0.000000212. The second-order valence-electron chi connectivity index (χ2n) is 17.2. The van der Waals surface area contributed by atoms with Crippen LogP contribution in [0.5, 0.6) is 11.5 Å². The first-order valence-corrected chi connectivity index (χ1v) is 25.1. The lowest BCUT2D eigenvalue weighted by Gasteiger charge is -2.24. The molecule has 2 aromatic heterocycles. The fourth-order valence-electron chi connectivity index (χ4n) is 7.37. The van der Waals surface area contributed by atoms with Crippen LogP contribution in [-0.2, 0) is 4.74 Å². The molecule has 9 aromatic rings. The largest absolute Gasteiger partial charge is 0.508 e. The van der Waals surface area contributed by atoms with Gasteiger partial charge in [-0.25, -0.2) is 9.59 Å². The molecule has 398 valence electrons. The monoisotopic (exact) mass is 1120 g/mol. The molecule has 0 aliphatic heterocycles. The van der Waals surface area contributed by atoms with Gasteiger partial charge in [-0.1, -0.05) is 89.9 Å². The highest BCUT2D eigenvalue weighted by atomic mass is 35.5. The van der Waals surface area contributed by atoms with Crippen LogP contribution in [0.25, 0.3) is 22.9 Å². The number of phenolic OH excluding ortho intramolecular Hbond substituents is 1. The number of hydrogen-bond acceptors (Lipinski definition) is 17. The van der Waals surface area contributed by atoms with E-state index in [0.29, 0.717) is 77.2 Å². The SMILES string of the molecule is Cc1c(N[C@@H](c2nnc(-c3ccc(O)cc3)o2)[C@H](C)O)ccc(C#N)c1Cl.Cc1c(N[C@@H](c2nnc(-c3ccc(OC(=O)c4ccccc4)cc3)o2)[C@H](C)OC(=O)c2ccccc2)ccc(C#N)c1Cl.O=C(Cl)c1ccccc1. The molecule has 17 nitrogen and oxygen atoms in total. The predicted molar refractivity (Wildman–Crippen MR) is 297 cm³/mol. The zero-order chi connectivity index (χ0) is 56.6. The second-order valence-corrected chi connectivity index (χ2v) is 18.3. The molecule has 7 aromatic carbocycles. The van der Waals surface area contributed by atoms with Gasteiger partial charge in [0, 0.05) is 28.1 Å². The average molecular weight is 1120 g/mol. The number of nitrogens with zero attached hydrogens (tertiary/aromatic N) is 6. The lowest BCUT2D eigenvalue weighted by atomic mass is 10.1. The van der Waals surface area contributed by atoms with Crippen LogP contribution in [0.3, 0.4) is 0 Å². The summed E-state index contributed by atoms with van der Waals surface area (Å²) in [6.45, 7) is 6.86. The maximum atomic E-state index is 12.9. The van der Waals surface area contributed by atoms with Gasteiger partial charge in [-0.15, -0.1) is 20.4 Å². The molecule has 0 fully saturated rings. The summed E-state index contributed by atoms with van der Waals surface area (Å²) >= 11 is 17.8. The molecule has 0 aliphatic carbocycles. The van der Waals surface area contributed by atoms with Crippen molar-refractivity contribution < 1.29 is 42.9 Å². The first-order valence-electron chi connectivity index (χ1n) is 24.0. The van der Waals surface area contributed by atoms with E-state index in [9.17, 15) is 29.9 Å². The number of aromatic hydroxyl groups is 1. The number of anilines is 2. The van der Waals surface area contributed by atoms with E-state index in [1.54, 1.807) is 161 Å². The number of nitrogens with one attached hydrogen (secondary N) is 2. The van der Waals surface area contributed by atoms with E-state index < -0.39 is 41.5 Å². The summed E-state index contributed by atoms with van der Waals surface area (Å²) in [5.41, 5.74) is 5.87. The molecule has 0 amide bonds. The molecule has 4 N–H and O–H groups in total. The quantitative estimate of drug-likeness (QED) is 0.0422. The summed E-state index contributed by atoms with van der Waals surface area (Å²) in [5.74, 6) is 0.331. The van der Waals surface area contributed by atoms with Gasteiger partial charge in [-0.05, 0) is 147 Å². The molecule has 0 radical (unpaired) electrons. The number of phenols is 1. The van der Waals surface area contributed by atoms with Crippen molar-refractivity contribution in [3.05, 3.63) is 225 Å². The van der Waals surface area contributed by atoms with Gasteiger partial charge in [0.15, 0.2) is 0 Å². The lowest BCUT2D eigenvalue weighted by molar-refractivity contribution is 0.0282. The number of aliphatic hydroxyl groups is 1. The molecule has 2 heterocycles. The zero-order valence-electron chi connectivity index (χ0n) is 42.5. The summed E-state index contributed by atoms with van der Waals surface area (Å²) in [7, 11) is 0. The summed E-state index contributed by atoms with van der Waals surface area (Å²) in [6.07, 6.45) is -1.61. The standard InChI is InChI=1S/C33H25ClN4O5.C19H17ClN4O3.C7H5ClO/c1-20-27(18-15-25(19-35)28(20)34)36-29(21(2)41-32(39)23-9-5-3-6-10-23)31-38-37-30(43-31)22-13-16-26(17-14-22)42-33(40)24-11-7-4-8-12-24;1-10-15(8-5-13(9-21)16(10)20)22-17(11(2)25)19-24-23-18(27-19)12-3-6-14(26)7-4-12;8-7(9)6-4-2-1-3-5-6/h3-18,21,29,36H,1-2H3;3-8,11,17,22,25-26H,1-2H3;1-5H/t21-,29+;11-,17+;/m00./s1. The number of carbonyl (C=O) groups is 3. The van der Waals surface area contributed by atoms with Crippen LogP contribution in [0.2, 0.25) is 10.0 Å². The first-order chi connectivity index (χ1) is 38.0. The maximum absolute atomic E-state index is 12.9. The van der Waals surface area contributed by atoms with Gasteiger partial charge in [0.2, 0.25) is 23.6 Å². The second kappa shape index (κ2) is 27.1. The number of nitriles is 2. The van der Waals surface area contributed by atoms with Crippen molar-refractivity contribution in [3.63, 3.8) is 0 Å². The zero-order valence-corrected chi connectivity index (χ0v) is 44.7. The van der Waals surface area contributed by atoms with E-state index >= 15 is 0 Å². The number of benzene rings is 7. The Labute approximate surface area is 468 Å². The Morgan fingerprint density at radius 1 is 0.570 bits per heavy atom. The van der Waals surface area contributed by atoms with E-state index in [-0.39, 0.29) is 29.3 Å². The Bertz CT molecular complexity index is 3630. The third-order valence-electron chi connectivity index (χ3n) is 11.7. The van der Waals surface area contributed by atoms with E-state index in [2.05, 4.69) is 37.1 Å². The van der Waals surface area contributed by atoms with Crippen molar-refractivity contribution in [1.29, 1.82) is 10.5 Å². The van der Waals surface area contributed by atoms with Crippen molar-refractivity contribution >= 4 is 63.4 Å². The van der Waals surface area contributed by atoms with Gasteiger partial charge >= 0.3 is 11.9 Å². The Kier molecular flexibility index (Phi) is 19.7. The molecule has 0 saturated carbocycles. The van der Waals surface area contributed by atoms with Crippen LogP contribution in [0.15, 0.2) is 173 Å². The van der Waals surface area contributed by atoms with Crippen molar-refractivity contribution in [2.75, 3.05) is 10.6 Å². The molecule has 4 atom stereocenters. The van der Waals surface area contributed by atoms with E-state index in [1.807, 2.05) is 24.3 Å². The topological polar surface area (TPSA) is 260 Å². The van der Waals surface area contributed by atoms with E-state index in [4.69, 9.17) is 58.4 Å². The molecule has 9 rings (SSSR count). The molecular weight excluding hydrogens is 1070 g/mol. The minimum Gasteiger partial charge on any atom is -0.508 e. The van der Waals surface area contributed by atoms with Crippen molar-refractivity contribution in [2.45, 2.75) is 52.0 Å². The van der Waals surface area contributed by atoms with Crippen molar-refractivity contribution in [2.24, 2.45) is 0 Å². The maximum Gasteiger partial charge on any atom is 0.343 e. The van der Waals surface area contributed by atoms with Gasteiger partial charge in [-0.3, -0.25) is 4.79 Å². The minimum absolute atomic E-state index is 0.134. The molecule has 79 heavy (non-hydrogen) atoms. The number of rotatable bonds is 15. The van der Waals surface area contributed by atoms with Crippen LogP contribution in [0.4, 0.5) is 11.4 Å². The van der Waals surface area contributed by atoms with Gasteiger partial charge in [-0.2, -0.15) is 10.5 Å².